The van der Waals surface area contributed by atoms with E-state index in [1.54, 1.807) is 6.20 Å². The van der Waals surface area contributed by atoms with E-state index in [1.165, 1.54) is 23.1 Å². The number of para-hydroxylation sites is 1. The molecule has 4 nitrogen and oxygen atoms in total. The molecule has 0 unspecified atom stereocenters. The quantitative estimate of drug-likeness (QED) is 0.425. The molecule has 0 atom stereocenters. The molecule has 0 spiro atoms. The molecule has 0 radical (unpaired) electrons. The standard InChI is InChI=1S/C20H14ClN3OS2/c21-15-8-2-1-7-14(15)16-11-27-20(23-16)24-18(25)12-26-17-9-3-5-13-6-4-10-22-19(13)17/h1-11H,12H2,(H,23,24,25). The number of thiazole rings is 1. The van der Waals surface area contributed by atoms with Crippen LogP contribution in [0.25, 0.3) is 22.2 Å². The number of amides is 1. The number of fused-ring (bicyclic) bond motifs is 1. The summed E-state index contributed by atoms with van der Waals surface area (Å²) < 4.78 is 0. The maximum Gasteiger partial charge on any atom is 0.236 e. The van der Waals surface area contributed by atoms with Crippen LogP contribution in [-0.2, 0) is 4.79 Å². The van der Waals surface area contributed by atoms with E-state index in [2.05, 4.69) is 15.3 Å². The summed E-state index contributed by atoms with van der Waals surface area (Å²) >= 11 is 9.05. The number of rotatable bonds is 5. The van der Waals surface area contributed by atoms with Gasteiger partial charge in [-0.1, -0.05) is 48.0 Å². The third kappa shape index (κ3) is 4.13. The van der Waals surface area contributed by atoms with Gasteiger partial charge in [-0.3, -0.25) is 9.78 Å². The molecule has 0 bridgehead atoms. The number of thioether (sulfide) groups is 1. The van der Waals surface area contributed by atoms with Gasteiger partial charge in [-0.25, -0.2) is 4.98 Å². The second kappa shape index (κ2) is 8.08. The van der Waals surface area contributed by atoms with E-state index >= 15 is 0 Å². The Morgan fingerprint density at radius 2 is 1.96 bits per heavy atom. The normalized spacial score (nSPS) is 10.9. The molecule has 27 heavy (non-hydrogen) atoms. The van der Waals surface area contributed by atoms with Crippen molar-refractivity contribution in [3.63, 3.8) is 0 Å². The van der Waals surface area contributed by atoms with Crippen LogP contribution in [0.3, 0.4) is 0 Å². The maximum atomic E-state index is 12.3. The lowest BCUT2D eigenvalue weighted by atomic mass is 10.2. The van der Waals surface area contributed by atoms with Crippen molar-refractivity contribution in [3.05, 3.63) is 71.2 Å². The molecule has 2 aromatic carbocycles. The first-order valence-corrected chi connectivity index (χ1v) is 10.4. The van der Waals surface area contributed by atoms with Crippen LogP contribution in [-0.4, -0.2) is 21.6 Å². The minimum atomic E-state index is -0.104. The van der Waals surface area contributed by atoms with Crippen LogP contribution >= 0.6 is 34.7 Å². The summed E-state index contributed by atoms with van der Waals surface area (Å²) in [4.78, 5) is 22.2. The number of hydrogen-bond donors (Lipinski definition) is 1. The second-order valence-corrected chi connectivity index (χ2v) is 7.97. The Morgan fingerprint density at radius 1 is 1.11 bits per heavy atom. The van der Waals surface area contributed by atoms with Gasteiger partial charge < -0.3 is 5.32 Å². The number of nitrogens with one attached hydrogen (secondary N) is 1. The highest BCUT2D eigenvalue weighted by atomic mass is 35.5. The molecular formula is C20H14ClN3OS2. The van der Waals surface area contributed by atoms with Gasteiger partial charge in [0.2, 0.25) is 5.91 Å². The van der Waals surface area contributed by atoms with Gasteiger partial charge in [-0.15, -0.1) is 23.1 Å². The van der Waals surface area contributed by atoms with Crippen LogP contribution in [0.5, 0.6) is 0 Å². The zero-order valence-electron chi connectivity index (χ0n) is 14.1. The van der Waals surface area contributed by atoms with Gasteiger partial charge in [0.25, 0.3) is 0 Å². The van der Waals surface area contributed by atoms with Crippen LogP contribution in [0.15, 0.2) is 71.1 Å². The Morgan fingerprint density at radius 3 is 2.85 bits per heavy atom. The molecule has 0 aliphatic carbocycles. The van der Waals surface area contributed by atoms with Gasteiger partial charge in [0.1, 0.15) is 0 Å². The van der Waals surface area contributed by atoms with Crippen molar-refractivity contribution in [2.75, 3.05) is 11.1 Å². The molecule has 0 aliphatic rings. The zero-order valence-corrected chi connectivity index (χ0v) is 16.4. The third-order valence-corrected chi connectivity index (χ3v) is 5.99. The number of pyridine rings is 1. The van der Waals surface area contributed by atoms with Crippen LogP contribution in [0.2, 0.25) is 5.02 Å². The molecule has 1 amide bonds. The maximum absolute atomic E-state index is 12.3. The molecule has 134 valence electrons. The van der Waals surface area contributed by atoms with Gasteiger partial charge in [0.15, 0.2) is 5.13 Å². The number of hydrogen-bond acceptors (Lipinski definition) is 5. The average Bonchev–Trinajstić information content (AvgIpc) is 3.15. The van der Waals surface area contributed by atoms with Crippen molar-refractivity contribution < 1.29 is 4.79 Å². The highest BCUT2D eigenvalue weighted by Gasteiger charge is 2.11. The first-order chi connectivity index (χ1) is 13.2. The predicted molar refractivity (Wildman–Crippen MR) is 114 cm³/mol. The van der Waals surface area contributed by atoms with Gasteiger partial charge in [0.05, 0.1) is 17.0 Å². The molecule has 0 fully saturated rings. The molecule has 2 aromatic heterocycles. The number of carbonyl (C=O) groups excluding carboxylic acids is 1. The monoisotopic (exact) mass is 411 g/mol. The van der Waals surface area contributed by atoms with E-state index in [1.807, 2.05) is 60.0 Å². The summed E-state index contributed by atoms with van der Waals surface area (Å²) in [6.45, 7) is 0. The Kier molecular flexibility index (Phi) is 5.38. The van der Waals surface area contributed by atoms with Crippen molar-refractivity contribution in [3.8, 4) is 11.3 Å². The van der Waals surface area contributed by atoms with Crippen molar-refractivity contribution in [1.29, 1.82) is 0 Å². The number of nitrogens with zero attached hydrogens (tertiary/aromatic N) is 2. The molecule has 4 aromatic rings. The number of carbonyl (C=O) groups is 1. The van der Waals surface area contributed by atoms with E-state index in [-0.39, 0.29) is 11.7 Å². The van der Waals surface area contributed by atoms with E-state index in [0.29, 0.717) is 10.2 Å². The minimum absolute atomic E-state index is 0.104. The summed E-state index contributed by atoms with van der Waals surface area (Å²) in [6, 6.07) is 17.4. The molecule has 0 saturated carbocycles. The summed E-state index contributed by atoms with van der Waals surface area (Å²) in [6.07, 6.45) is 1.76. The summed E-state index contributed by atoms with van der Waals surface area (Å²) in [5, 5.41) is 7.00. The zero-order chi connectivity index (χ0) is 18.6. The molecule has 1 N–H and O–H groups in total. The van der Waals surface area contributed by atoms with E-state index in [0.717, 1.165) is 27.1 Å². The smallest absolute Gasteiger partial charge is 0.236 e. The number of halogens is 1. The summed E-state index contributed by atoms with van der Waals surface area (Å²) in [5.41, 5.74) is 2.52. The van der Waals surface area contributed by atoms with Gasteiger partial charge in [-0.05, 0) is 18.2 Å². The largest absolute Gasteiger partial charge is 0.301 e. The molecular weight excluding hydrogens is 398 g/mol. The van der Waals surface area contributed by atoms with Gasteiger partial charge in [0, 0.05) is 32.4 Å². The Balaban J connectivity index is 1.42. The highest BCUT2D eigenvalue weighted by molar-refractivity contribution is 8.00. The molecule has 0 saturated heterocycles. The molecule has 0 aliphatic heterocycles. The van der Waals surface area contributed by atoms with Crippen molar-refractivity contribution >= 4 is 56.6 Å². The Hall–Kier alpha value is -2.41. The van der Waals surface area contributed by atoms with Crippen LogP contribution in [0.4, 0.5) is 5.13 Å². The molecule has 7 heteroatoms. The average molecular weight is 412 g/mol. The van der Waals surface area contributed by atoms with E-state index in [9.17, 15) is 4.79 Å². The lowest BCUT2D eigenvalue weighted by Gasteiger charge is -2.05. The fourth-order valence-corrected chi connectivity index (χ4v) is 4.42. The fraction of sp³-hybridized carbons (Fsp3) is 0.0500. The number of anilines is 1. The Bertz CT molecular complexity index is 1110. The molecule has 2 heterocycles. The number of benzene rings is 2. The van der Waals surface area contributed by atoms with E-state index in [4.69, 9.17) is 11.6 Å². The minimum Gasteiger partial charge on any atom is -0.301 e. The Labute approximate surface area is 169 Å². The first kappa shape index (κ1) is 18.0. The lowest BCUT2D eigenvalue weighted by Crippen LogP contribution is -2.13. The summed E-state index contributed by atoms with van der Waals surface area (Å²) in [7, 11) is 0. The molecule has 4 rings (SSSR count). The first-order valence-electron chi connectivity index (χ1n) is 8.17. The predicted octanol–water partition coefficient (Wildman–Crippen LogP) is 5.74. The van der Waals surface area contributed by atoms with Gasteiger partial charge >= 0.3 is 0 Å². The van der Waals surface area contributed by atoms with Crippen LogP contribution in [0.1, 0.15) is 0 Å². The third-order valence-electron chi connectivity index (χ3n) is 3.85. The SMILES string of the molecule is O=C(CSc1cccc2cccnc12)Nc1nc(-c2ccccc2Cl)cs1. The van der Waals surface area contributed by atoms with Crippen molar-refractivity contribution in [1.82, 2.24) is 9.97 Å². The van der Waals surface area contributed by atoms with Crippen molar-refractivity contribution in [2.24, 2.45) is 0 Å². The van der Waals surface area contributed by atoms with Crippen LogP contribution in [0, 0.1) is 0 Å². The lowest BCUT2D eigenvalue weighted by molar-refractivity contribution is -0.113. The highest BCUT2D eigenvalue weighted by Crippen LogP contribution is 2.31. The van der Waals surface area contributed by atoms with Crippen molar-refractivity contribution in [2.45, 2.75) is 4.90 Å². The topological polar surface area (TPSA) is 54.9 Å². The van der Waals surface area contributed by atoms with Crippen LogP contribution < -0.4 is 5.32 Å². The van der Waals surface area contributed by atoms with Gasteiger partial charge in [-0.2, -0.15) is 0 Å². The van der Waals surface area contributed by atoms with E-state index < -0.39 is 0 Å². The second-order valence-electron chi connectivity index (χ2n) is 5.69. The fourth-order valence-electron chi connectivity index (χ4n) is 2.62. The summed E-state index contributed by atoms with van der Waals surface area (Å²) in [5.74, 6) is 0.185. The number of aromatic nitrogens is 2.